The van der Waals surface area contributed by atoms with Crippen LogP contribution in [0.5, 0.6) is 0 Å². The molecule has 25 heavy (non-hydrogen) atoms. The Hall–Kier alpha value is -1.27. The van der Waals surface area contributed by atoms with Crippen LogP contribution in [-0.2, 0) is 4.74 Å². The van der Waals surface area contributed by atoms with Crippen molar-refractivity contribution >= 4 is 29.0 Å². The van der Waals surface area contributed by atoms with E-state index in [2.05, 4.69) is 29.2 Å². The van der Waals surface area contributed by atoms with Crippen LogP contribution >= 0.6 is 23.2 Å². The summed E-state index contributed by atoms with van der Waals surface area (Å²) in [7, 11) is 0. The molecule has 1 aliphatic rings. The lowest BCUT2D eigenvalue weighted by Gasteiger charge is -2.35. The second-order valence-electron chi connectivity index (χ2n) is 6.62. The van der Waals surface area contributed by atoms with E-state index in [0.717, 1.165) is 43.4 Å². The second kappa shape index (κ2) is 7.96. The molecule has 136 valence electrons. The van der Waals surface area contributed by atoms with Crippen molar-refractivity contribution in [2.24, 2.45) is 0 Å². The van der Waals surface area contributed by atoms with Crippen LogP contribution in [0.25, 0.3) is 5.69 Å². The van der Waals surface area contributed by atoms with Gasteiger partial charge in [0.25, 0.3) is 0 Å². The molecule has 0 spiro atoms. The minimum absolute atomic E-state index is 0.292. The standard InChI is InChI=1S/C18H24Cl2N4O/c1-12-8-18(21-6-7-23-10-13(2)25-14(3)11-23)22-24(12)15-4-5-16(19)17(20)9-15/h4-5,8-9,13-14H,6-7,10-11H2,1-3H3,(H,21,22). The highest BCUT2D eigenvalue weighted by Crippen LogP contribution is 2.25. The maximum Gasteiger partial charge on any atom is 0.148 e. The van der Waals surface area contributed by atoms with Crippen molar-refractivity contribution in [2.75, 3.05) is 31.5 Å². The molecule has 1 aromatic carbocycles. The molecule has 2 unspecified atom stereocenters. The molecule has 0 radical (unpaired) electrons. The van der Waals surface area contributed by atoms with Crippen LogP contribution < -0.4 is 5.32 Å². The van der Waals surface area contributed by atoms with Crippen molar-refractivity contribution in [3.05, 3.63) is 40.0 Å². The first-order valence-corrected chi connectivity index (χ1v) is 9.31. The van der Waals surface area contributed by atoms with Gasteiger partial charge in [0.2, 0.25) is 0 Å². The van der Waals surface area contributed by atoms with E-state index >= 15 is 0 Å². The normalized spacial score (nSPS) is 21.5. The lowest BCUT2D eigenvalue weighted by atomic mass is 10.2. The molecule has 0 amide bonds. The third-order valence-electron chi connectivity index (χ3n) is 4.26. The van der Waals surface area contributed by atoms with Gasteiger partial charge in [-0.05, 0) is 39.0 Å². The zero-order valence-corrected chi connectivity index (χ0v) is 16.3. The predicted octanol–water partition coefficient (Wildman–Crippen LogP) is 4.01. The molecular formula is C18H24Cl2N4O. The zero-order valence-electron chi connectivity index (χ0n) is 14.8. The second-order valence-corrected chi connectivity index (χ2v) is 7.44. The number of aromatic nitrogens is 2. The number of nitrogens with zero attached hydrogens (tertiary/aromatic N) is 3. The van der Waals surface area contributed by atoms with Gasteiger partial charge in [0.05, 0.1) is 27.9 Å². The summed E-state index contributed by atoms with van der Waals surface area (Å²) in [4.78, 5) is 2.43. The number of anilines is 1. The van der Waals surface area contributed by atoms with Gasteiger partial charge in [0.15, 0.2) is 0 Å². The number of aryl methyl sites for hydroxylation is 1. The van der Waals surface area contributed by atoms with Crippen molar-refractivity contribution in [1.82, 2.24) is 14.7 Å². The number of halogens is 2. The van der Waals surface area contributed by atoms with E-state index in [9.17, 15) is 0 Å². The summed E-state index contributed by atoms with van der Waals surface area (Å²) in [6, 6.07) is 7.56. The van der Waals surface area contributed by atoms with Gasteiger partial charge in [-0.1, -0.05) is 23.2 Å². The van der Waals surface area contributed by atoms with Gasteiger partial charge >= 0.3 is 0 Å². The Balaban J connectivity index is 1.60. The number of nitrogens with one attached hydrogen (secondary N) is 1. The van der Waals surface area contributed by atoms with E-state index < -0.39 is 0 Å². The molecule has 5 nitrogen and oxygen atoms in total. The first kappa shape index (κ1) is 18.5. The molecule has 2 atom stereocenters. The highest BCUT2D eigenvalue weighted by atomic mass is 35.5. The molecule has 1 aromatic heterocycles. The van der Waals surface area contributed by atoms with E-state index in [0.29, 0.717) is 22.3 Å². The summed E-state index contributed by atoms with van der Waals surface area (Å²) in [6.07, 6.45) is 0.583. The van der Waals surface area contributed by atoms with E-state index in [-0.39, 0.29) is 0 Å². The van der Waals surface area contributed by atoms with Crippen LogP contribution in [0.2, 0.25) is 10.0 Å². The summed E-state index contributed by atoms with van der Waals surface area (Å²) in [5, 5.41) is 9.10. The average Bonchev–Trinajstić information content (AvgIpc) is 2.90. The Bertz CT molecular complexity index is 724. The first-order chi connectivity index (χ1) is 11.9. The highest BCUT2D eigenvalue weighted by Gasteiger charge is 2.21. The van der Waals surface area contributed by atoms with Crippen LogP contribution in [-0.4, -0.2) is 53.1 Å². The van der Waals surface area contributed by atoms with Crippen molar-refractivity contribution < 1.29 is 4.74 Å². The van der Waals surface area contributed by atoms with Crippen LogP contribution in [0.4, 0.5) is 5.82 Å². The van der Waals surface area contributed by atoms with E-state index in [1.54, 1.807) is 6.07 Å². The molecule has 1 N–H and O–H groups in total. The first-order valence-electron chi connectivity index (χ1n) is 8.56. The minimum Gasteiger partial charge on any atom is -0.373 e. The molecule has 2 aromatic rings. The van der Waals surface area contributed by atoms with E-state index in [1.807, 2.05) is 29.8 Å². The number of rotatable bonds is 5. The summed E-state index contributed by atoms with van der Waals surface area (Å²) in [6.45, 7) is 10.0. The van der Waals surface area contributed by atoms with Gasteiger partial charge in [0, 0.05) is 37.9 Å². The monoisotopic (exact) mass is 382 g/mol. The maximum atomic E-state index is 6.11. The molecule has 0 bridgehead atoms. The van der Waals surface area contributed by atoms with Gasteiger partial charge in [-0.3, -0.25) is 4.90 Å². The lowest BCUT2D eigenvalue weighted by molar-refractivity contribution is -0.0667. The number of hydrogen-bond acceptors (Lipinski definition) is 4. The SMILES string of the molecule is Cc1cc(NCCN2CC(C)OC(C)C2)nn1-c1ccc(Cl)c(Cl)c1. The van der Waals surface area contributed by atoms with Gasteiger partial charge in [0.1, 0.15) is 5.82 Å². The number of ether oxygens (including phenoxy) is 1. The Labute approximate surface area is 158 Å². The quantitative estimate of drug-likeness (QED) is 0.847. The van der Waals surface area contributed by atoms with Crippen molar-refractivity contribution in [3.8, 4) is 5.69 Å². The van der Waals surface area contributed by atoms with E-state index in [4.69, 9.17) is 27.9 Å². The molecular weight excluding hydrogens is 359 g/mol. The Morgan fingerprint density at radius 2 is 1.88 bits per heavy atom. The number of benzene rings is 1. The molecule has 1 fully saturated rings. The molecule has 7 heteroatoms. The van der Waals surface area contributed by atoms with Crippen LogP contribution in [0.1, 0.15) is 19.5 Å². The van der Waals surface area contributed by atoms with Gasteiger partial charge in [-0.15, -0.1) is 0 Å². The largest absolute Gasteiger partial charge is 0.373 e. The Kier molecular flexibility index (Phi) is 5.89. The molecule has 0 aliphatic carbocycles. The average molecular weight is 383 g/mol. The van der Waals surface area contributed by atoms with Crippen molar-refractivity contribution in [3.63, 3.8) is 0 Å². The van der Waals surface area contributed by atoms with Crippen molar-refractivity contribution in [1.29, 1.82) is 0 Å². The molecule has 1 saturated heterocycles. The van der Waals surface area contributed by atoms with Crippen LogP contribution in [0.15, 0.2) is 24.3 Å². The summed E-state index contributed by atoms with van der Waals surface area (Å²) in [5.74, 6) is 0.859. The third kappa shape index (κ3) is 4.67. The molecule has 2 heterocycles. The lowest BCUT2D eigenvalue weighted by Crippen LogP contribution is -2.46. The van der Waals surface area contributed by atoms with Crippen LogP contribution in [0, 0.1) is 6.92 Å². The summed E-state index contributed by atoms with van der Waals surface area (Å²) in [5.41, 5.74) is 1.94. The topological polar surface area (TPSA) is 42.3 Å². The fourth-order valence-electron chi connectivity index (χ4n) is 3.25. The van der Waals surface area contributed by atoms with E-state index in [1.165, 1.54) is 0 Å². The number of morpholine rings is 1. The zero-order chi connectivity index (χ0) is 18.0. The molecule has 3 rings (SSSR count). The maximum absolute atomic E-state index is 6.11. The fraction of sp³-hybridized carbons (Fsp3) is 0.500. The molecule has 1 aliphatic heterocycles. The summed E-state index contributed by atoms with van der Waals surface area (Å²) >= 11 is 12.1. The van der Waals surface area contributed by atoms with Crippen molar-refractivity contribution in [2.45, 2.75) is 33.0 Å². The number of hydrogen-bond donors (Lipinski definition) is 1. The fourth-order valence-corrected chi connectivity index (χ4v) is 3.54. The summed E-state index contributed by atoms with van der Waals surface area (Å²) < 4.78 is 7.63. The molecule has 0 saturated carbocycles. The third-order valence-corrected chi connectivity index (χ3v) is 5.00. The van der Waals surface area contributed by atoms with Gasteiger partial charge in [-0.2, -0.15) is 5.10 Å². The smallest absolute Gasteiger partial charge is 0.148 e. The highest BCUT2D eigenvalue weighted by molar-refractivity contribution is 6.42. The van der Waals surface area contributed by atoms with Gasteiger partial charge in [-0.25, -0.2) is 4.68 Å². The Morgan fingerprint density at radius 3 is 2.56 bits per heavy atom. The van der Waals surface area contributed by atoms with Gasteiger partial charge < -0.3 is 10.1 Å². The Morgan fingerprint density at radius 1 is 1.16 bits per heavy atom. The van der Waals surface area contributed by atoms with Crippen LogP contribution in [0.3, 0.4) is 0 Å². The predicted molar refractivity (Wildman–Crippen MR) is 103 cm³/mol. The minimum atomic E-state index is 0.292.